The number of ether oxygens (including phenoxy) is 2. The summed E-state index contributed by atoms with van der Waals surface area (Å²) < 4.78 is 11.7. The Bertz CT molecular complexity index is 442. The van der Waals surface area contributed by atoms with Gasteiger partial charge in [0.15, 0.2) is 11.5 Å². The fraction of sp³-hybridized carbons (Fsp3) is 0.364. The molecule has 0 bridgehead atoms. The lowest BCUT2D eigenvalue weighted by Gasteiger charge is -2.22. The van der Waals surface area contributed by atoms with Gasteiger partial charge in [0.05, 0.1) is 6.42 Å². The zero-order chi connectivity index (χ0) is 11.7. The van der Waals surface area contributed by atoms with Crippen LogP contribution in [-0.2, 0) is 11.2 Å². The summed E-state index contributed by atoms with van der Waals surface area (Å²) in [5, 5.41) is 8.79. The van der Waals surface area contributed by atoms with E-state index in [4.69, 9.17) is 14.6 Å². The number of benzene rings is 1. The molecular formula is C11H11BrO4. The van der Waals surface area contributed by atoms with Gasteiger partial charge in [0, 0.05) is 10.0 Å². The highest BCUT2D eigenvalue weighted by atomic mass is 79.9. The topological polar surface area (TPSA) is 55.8 Å². The number of carbonyl (C=O) groups is 1. The predicted octanol–water partition coefficient (Wildman–Crippen LogP) is 2.16. The Balaban J connectivity index is 2.48. The van der Waals surface area contributed by atoms with E-state index < -0.39 is 5.97 Å². The SMILES string of the molecule is Cc1c(Br)c(CC(=O)O)cc2c1OCCO2. The molecule has 0 aliphatic carbocycles. The molecule has 0 saturated carbocycles. The van der Waals surface area contributed by atoms with Crippen LogP contribution < -0.4 is 9.47 Å². The second kappa shape index (κ2) is 4.33. The average molecular weight is 287 g/mol. The second-order valence-corrected chi connectivity index (χ2v) is 4.36. The number of carboxylic acids is 1. The van der Waals surface area contributed by atoms with Crippen molar-refractivity contribution < 1.29 is 19.4 Å². The van der Waals surface area contributed by atoms with Crippen molar-refractivity contribution in [3.8, 4) is 11.5 Å². The minimum atomic E-state index is -0.864. The molecule has 0 atom stereocenters. The fourth-order valence-electron chi connectivity index (χ4n) is 1.69. The van der Waals surface area contributed by atoms with Crippen molar-refractivity contribution in [3.63, 3.8) is 0 Å². The summed E-state index contributed by atoms with van der Waals surface area (Å²) in [4.78, 5) is 10.7. The first-order valence-electron chi connectivity index (χ1n) is 4.89. The minimum Gasteiger partial charge on any atom is -0.486 e. The number of aliphatic carboxylic acids is 1. The molecule has 1 aromatic carbocycles. The van der Waals surface area contributed by atoms with Gasteiger partial charge < -0.3 is 14.6 Å². The highest BCUT2D eigenvalue weighted by molar-refractivity contribution is 9.10. The van der Waals surface area contributed by atoms with Crippen LogP contribution in [-0.4, -0.2) is 24.3 Å². The van der Waals surface area contributed by atoms with E-state index in [1.165, 1.54) is 0 Å². The summed E-state index contributed by atoms with van der Waals surface area (Å²) in [5.41, 5.74) is 1.59. The number of rotatable bonds is 2. The van der Waals surface area contributed by atoms with E-state index in [9.17, 15) is 4.79 Å². The summed E-state index contributed by atoms with van der Waals surface area (Å²) in [6.45, 7) is 2.90. The maximum Gasteiger partial charge on any atom is 0.307 e. The molecule has 1 N–H and O–H groups in total. The fourth-order valence-corrected chi connectivity index (χ4v) is 2.12. The lowest BCUT2D eigenvalue weighted by molar-refractivity contribution is -0.136. The van der Waals surface area contributed by atoms with Gasteiger partial charge in [-0.3, -0.25) is 4.79 Å². The van der Waals surface area contributed by atoms with Crippen molar-refractivity contribution in [1.82, 2.24) is 0 Å². The van der Waals surface area contributed by atoms with Gasteiger partial charge in [-0.2, -0.15) is 0 Å². The molecule has 0 aromatic heterocycles. The highest BCUT2D eigenvalue weighted by Crippen LogP contribution is 2.40. The first-order valence-corrected chi connectivity index (χ1v) is 5.68. The normalized spacial score (nSPS) is 13.6. The Labute approximate surface area is 101 Å². The summed E-state index contributed by atoms with van der Waals surface area (Å²) >= 11 is 3.39. The van der Waals surface area contributed by atoms with Crippen molar-refractivity contribution in [2.75, 3.05) is 13.2 Å². The van der Waals surface area contributed by atoms with Crippen LogP contribution in [0.1, 0.15) is 11.1 Å². The lowest BCUT2D eigenvalue weighted by Crippen LogP contribution is -2.17. The van der Waals surface area contributed by atoms with Crippen LogP contribution in [0.15, 0.2) is 10.5 Å². The number of carboxylic acid groups (broad SMARTS) is 1. The van der Waals surface area contributed by atoms with Gasteiger partial charge in [0.2, 0.25) is 0 Å². The molecule has 0 unspecified atom stereocenters. The molecule has 2 rings (SSSR count). The van der Waals surface area contributed by atoms with E-state index >= 15 is 0 Å². The molecule has 16 heavy (non-hydrogen) atoms. The van der Waals surface area contributed by atoms with Gasteiger partial charge in [-0.05, 0) is 18.6 Å². The zero-order valence-electron chi connectivity index (χ0n) is 8.75. The van der Waals surface area contributed by atoms with Gasteiger partial charge in [0.1, 0.15) is 13.2 Å². The largest absolute Gasteiger partial charge is 0.486 e. The molecule has 1 aliphatic heterocycles. The van der Waals surface area contributed by atoms with Gasteiger partial charge >= 0.3 is 5.97 Å². The van der Waals surface area contributed by atoms with Crippen molar-refractivity contribution in [2.24, 2.45) is 0 Å². The monoisotopic (exact) mass is 286 g/mol. The molecule has 0 radical (unpaired) electrons. The maximum absolute atomic E-state index is 10.7. The second-order valence-electron chi connectivity index (χ2n) is 3.57. The Hall–Kier alpha value is -1.23. The molecule has 1 aromatic rings. The van der Waals surface area contributed by atoms with Crippen LogP contribution in [0.5, 0.6) is 11.5 Å². The molecule has 0 spiro atoms. The highest BCUT2D eigenvalue weighted by Gasteiger charge is 2.20. The van der Waals surface area contributed by atoms with Crippen LogP contribution in [0.3, 0.4) is 0 Å². The summed E-state index contributed by atoms with van der Waals surface area (Å²) in [7, 11) is 0. The van der Waals surface area contributed by atoms with Crippen LogP contribution in [0.2, 0.25) is 0 Å². The van der Waals surface area contributed by atoms with Crippen LogP contribution in [0.4, 0.5) is 0 Å². The molecule has 86 valence electrons. The van der Waals surface area contributed by atoms with E-state index in [0.29, 0.717) is 30.3 Å². The minimum absolute atomic E-state index is 0.0297. The molecule has 0 fully saturated rings. The third-order valence-corrected chi connectivity index (χ3v) is 3.51. The van der Waals surface area contributed by atoms with Crippen molar-refractivity contribution in [3.05, 3.63) is 21.7 Å². The molecule has 0 saturated heterocycles. The lowest BCUT2D eigenvalue weighted by atomic mass is 10.1. The zero-order valence-corrected chi connectivity index (χ0v) is 10.3. The smallest absolute Gasteiger partial charge is 0.307 e. The van der Waals surface area contributed by atoms with Gasteiger partial charge in [-0.15, -0.1) is 0 Å². The first-order chi connectivity index (χ1) is 7.59. The number of hydrogen-bond donors (Lipinski definition) is 1. The standard InChI is InChI=1S/C11H11BrO4/c1-6-10(12)7(5-9(13)14)4-8-11(6)16-3-2-15-8/h4H,2-3,5H2,1H3,(H,13,14). The molecule has 0 amide bonds. The van der Waals surface area contributed by atoms with Crippen molar-refractivity contribution in [2.45, 2.75) is 13.3 Å². The van der Waals surface area contributed by atoms with E-state index in [2.05, 4.69) is 15.9 Å². The van der Waals surface area contributed by atoms with Crippen molar-refractivity contribution >= 4 is 21.9 Å². The van der Waals surface area contributed by atoms with E-state index in [1.807, 2.05) is 6.92 Å². The summed E-state index contributed by atoms with van der Waals surface area (Å²) in [5.74, 6) is 0.465. The van der Waals surface area contributed by atoms with Crippen LogP contribution >= 0.6 is 15.9 Å². The molecule has 1 heterocycles. The maximum atomic E-state index is 10.7. The Kier molecular flexibility index (Phi) is 3.05. The van der Waals surface area contributed by atoms with Gasteiger partial charge in [-0.1, -0.05) is 15.9 Å². The molecule has 1 aliphatic rings. The van der Waals surface area contributed by atoms with E-state index in [0.717, 1.165) is 10.0 Å². The van der Waals surface area contributed by atoms with E-state index in [-0.39, 0.29) is 6.42 Å². The Morgan fingerprint density at radius 3 is 2.88 bits per heavy atom. The van der Waals surface area contributed by atoms with Crippen LogP contribution in [0.25, 0.3) is 0 Å². The third-order valence-electron chi connectivity index (χ3n) is 2.41. The Morgan fingerprint density at radius 2 is 2.19 bits per heavy atom. The van der Waals surface area contributed by atoms with E-state index in [1.54, 1.807) is 6.07 Å². The summed E-state index contributed by atoms with van der Waals surface area (Å²) in [6.07, 6.45) is -0.0297. The first kappa shape index (κ1) is 11.3. The van der Waals surface area contributed by atoms with Crippen LogP contribution in [0, 0.1) is 6.92 Å². The quantitative estimate of drug-likeness (QED) is 0.905. The van der Waals surface area contributed by atoms with Gasteiger partial charge in [0.25, 0.3) is 0 Å². The molecular weight excluding hydrogens is 276 g/mol. The van der Waals surface area contributed by atoms with Gasteiger partial charge in [-0.25, -0.2) is 0 Å². The molecule has 5 heteroatoms. The third kappa shape index (κ3) is 2.00. The number of hydrogen-bond acceptors (Lipinski definition) is 3. The van der Waals surface area contributed by atoms with Crippen molar-refractivity contribution in [1.29, 1.82) is 0 Å². The summed E-state index contributed by atoms with van der Waals surface area (Å²) in [6, 6.07) is 1.72. The number of fused-ring (bicyclic) bond motifs is 1. The predicted molar refractivity (Wildman–Crippen MR) is 61.2 cm³/mol. The Morgan fingerprint density at radius 1 is 1.50 bits per heavy atom. The average Bonchev–Trinajstić information content (AvgIpc) is 2.25. The molecule has 4 nitrogen and oxygen atoms in total. The number of halogens is 1.